The van der Waals surface area contributed by atoms with Gasteiger partial charge in [-0.2, -0.15) is 18.2 Å². The third kappa shape index (κ3) is 3.81. The van der Waals surface area contributed by atoms with E-state index in [2.05, 4.69) is 20.1 Å². The molecule has 0 atom stereocenters. The van der Waals surface area contributed by atoms with Gasteiger partial charge in [-0.15, -0.1) is 0 Å². The molecule has 0 aliphatic heterocycles. The van der Waals surface area contributed by atoms with Gasteiger partial charge in [-0.1, -0.05) is 58.9 Å². The van der Waals surface area contributed by atoms with E-state index in [9.17, 15) is 13.2 Å². The minimum atomic E-state index is -4.64. The van der Waals surface area contributed by atoms with Gasteiger partial charge in [0.15, 0.2) is 0 Å². The van der Waals surface area contributed by atoms with Crippen LogP contribution in [0.2, 0.25) is 5.02 Å². The third-order valence-electron chi connectivity index (χ3n) is 3.74. The molecule has 0 bridgehead atoms. The molecule has 0 aliphatic carbocycles. The van der Waals surface area contributed by atoms with Crippen molar-refractivity contribution in [2.75, 3.05) is 0 Å². The minimum Gasteiger partial charge on any atom is -0.338 e. The van der Waals surface area contributed by atoms with Crippen molar-refractivity contribution in [1.29, 1.82) is 0 Å². The van der Waals surface area contributed by atoms with Crippen molar-refractivity contribution >= 4 is 34.3 Å². The molecule has 0 amide bonds. The summed E-state index contributed by atoms with van der Waals surface area (Å²) in [6.45, 7) is 0. The average Bonchev–Trinajstić information content (AvgIpc) is 3.14. The molecule has 0 spiro atoms. The largest absolute Gasteiger partial charge is 0.451 e. The summed E-state index contributed by atoms with van der Waals surface area (Å²) in [4.78, 5) is 11.5. The molecule has 4 aromatic rings. The first-order valence-electron chi connectivity index (χ1n) is 7.96. The highest BCUT2D eigenvalue weighted by atomic mass is 35.5. The maximum Gasteiger partial charge on any atom is 0.451 e. The lowest BCUT2D eigenvalue weighted by molar-refractivity contribution is -0.145. The lowest BCUT2D eigenvalue weighted by Crippen LogP contribution is -2.11. The van der Waals surface area contributed by atoms with Gasteiger partial charge in [0.1, 0.15) is 5.03 Å². The molecule has 4 rings (SSSR count). The molecular weight excluding hydrogens is 413 g/mol. The molecule has 0 N–H and O–H groups in total. The van der Waals surface area contributed by atoms with Gasteiger partial charge in [-0.25, -0.2) is 9.97 Å². The monoisotopic (exact) mass is 422 g/mol. The summed E-state index contributed by atoms with van der Waals surface area (Å²) in [7, 11) is 0. The van der Waals surface area contributed by atoms with Crippen LogP contribution in [0.3, 0.4) is 0 Å². The Balaban J connectivity index is 1.62. The molecule has 10 heteroatoms. The van der Waals surface area contributed by atoms with Gasteiger partial charge < -0.3 is 4.52 Å². The number of nitrogens with zero attached hydrogens (tertiary/aromatic N) is 4. The van der Waals surface area contributed by atoms with E-state index < -0.39 is 12.0 Å². The van der Waals surface area contributed by atoms with Gasteiger partial charge in [0.05, 0.1) is 16.3 Å². The van der Waals surface area contributed by atoms with Crippen LogP contribution in [0.25, 0.3) is 22.3 Å². The van der Waals surface area contributed by atoms with Crippen molar-refractivity contribution in [2.24, 2.45) is 0 Å². The summed E-state index contributed by atoms with van der Waals surface area (Å²) in [6.07, 6.45) is -4.64. The van der Waals surface area contributed by atoms with Crippen molar-refractivity contribution in [1.82, 2.24) is 20.1 Å². The van der Waals surface area contributed by atoms with Crippen molar-refractivity contribution in [2.45, 2.75) is 17.0 Å². The summed E-state index contributed by atoms with van der Waals surface area (Å²) in [5.74, 6) is -0.479. The Bertz CT molecular complexity index is 1150. The highest BCUT2D eigenvalue weighted by molar-refractivity contribution is 7.98. The Labute approximate surface area is 166 Å². The number of thioether (sulfide) groups is 1. The highest BCUT2D eigenvalue weighted by Gasteiger charge is 2.35. The van der Waals surface area contributed by atoms with Crippen LogP contribution in [0, 0.1) is 0 Å². The first-order valence-corrected chi connectivity index (χ1v) is 9.32. The second-order valence-electron chi connectivity index (χ2n) is 5.65. The number of hydrogen-bond acceptors (Lipinski definition) is 6. The van der Waals surface area contributed by atoms with Gasteiger partial charge in [-0.3, -0.25) is 0 Å². The Kier molecular flexibility index (Phi) is 4.94. The number of para-hydroxylation sites is 1. The maximum absolute atomic E-state index is 13.1. The molecular formula is C18H10ClF3N4OS. The Morgan fingerprint density at radius 1 is 0.964 bits per heavy atom. The van der Waals surface area contributed by atoms with Crippen LogP contribution in [-0.4, -0.2) is 20.1 Å². The molecule has 0 saturated carbocycles. The lowest BCUT2D eigenvalue weighted by atomic mass is 10.2. The molecule has 0 radical (unpaired) electrons. The Morgan fingerprint density at radius 3 is 2.50 bits per heavy atom. The number of halogens is 4. The molecule has 2 heterocycles. The smallest absolute Gasteiger partial charge is 0.338 e. The van der Waals surface area contributed by atoms with E-state index >= 15 is 0 Å². The number of fused-ring (bicyclic) bond motifs is 1. The van der Waals surface area contributed by atoms with E-state index in [1.807, 2.05) is 0 Å². The number of hydrogen-bond donors (Lipinski definition) is 0. The fraction of sp³-hybridized carbons (Fsp3) is 0.111. The lowest BCUT2D eigenvalue weighted by Gasteiger charge is -2.09. The van der Waals surface area contributed by atoms with E-state index in [0.29, 0.717) is 21.8 Å². The Hall–Kier alpha value is -2.65. The van der Waals surface area contributed by atoms with Crippen LogP contribution >= 0.6 is 23.4 Å². The summed E-state index contributed by atoms with van der Waals surface area (Å²) in [5.41, 5.74) is 0.825. The standard InChI is InChI=1S/C18H10ClF3N4OS/c19-12-7-3-1-5-10(12)15-24-14(27-26-15)9-28-16-11-6-2-4-8-13(11)23-17(25-16)18(20,21)22/h1-8H,9H2. The van der Waals surface area contributed by atoms with E-state index in [1.54, 1.807) is 42.5 Å². The van der Waals surface area contributed by atoms with Crippen molar-refractivity contribution in [3.05, 3.63) is 65.3 Å². The van der Waals surface area contributed by atoms with Crippen LogP contribution in [0.5, 0.6) is 0 Å². The van der Waals surface area contributed by atoms with Gasteiger partial charge in [0.2, 0.25) is 17.5 Å². The predicted molar refractivity (Wildman–Crippen MR) is 98.8 cm³/mol. The summed E-state index contributed by atoms with van der Waals surface area (Å²) >= 11 is 7.18. The quantitative estimate of drug-likeness (QED) is 0.313. The third-order valence-corrected chi connectivity index (χ3v) is 5.04. The predicted octanol–water partition coefficient (Wildman–Crippen LogP) is 5.64. The van der Waals surface area contributed by atoms with Crippen molar-refractivity contribution < 1.29 is 17.7 Å². The molecule has 2 aromatic heterocycles. The van der Waals surface area contributed by atoms with Crippen LogP contribution in [0.4, 0.5) is 13.2 Å². The van der Waals surface area contributed by atoms with Crippen molar-refractivity contribution in [3.8, 4) is 11.4 Å². The van der Waals surface area contributed by atoms with Crippen LogP contribution in [0.1, 0.15) is 11.7 Å². The number of rotatable bonds is 4. The normalized spacial score (nSPS) is 11.9. The zero-order chi connectivity index (χ0) is 19.7. The number of benzene rings is 2. The summed E-state index contributed by atoms with van der Waals surface area (Å²) < 4.78 is 44.5. The topological polar surface area (TPSA) is 64.7 Å². The van der Waals surface area contributed by atoms with E-state index in [-0.39, 0.29) is 22.2 Å². The summed E-state index contributed by atoms with van der Waals surface area (Å²) in [5, 5.41) is 5.06. The minimum absolute atomic E-state index is 0.149. The van der Waals surface area contributed by atoms with Crippen molar-refractivity contribution in [3.63, 3.8) is 0 Å². The molecule has 0 fully saturated rings. The van der Waals surface area contributed by atoms with Crippen LogP contribution < -0.4 is 0 Å². The Morgan fingerprint density at radius 2 is 1.71 bits per heavy atom. The van der Waals surface area contributed by atoms with Gasteiger partial charge >= 0.3 is 6.18 Å². The molecule has 0 unspecified atom stereocenters. The fourth-order valence-corrected chi connectivity index (χ4v) is 3.56. The second-order valence-corrected chi connectivity index (χ2v) is 7.02. The summed E-state index contributed by atoms with van der Waals surface area (Å²) in [6, 6.07) is 13.5. The first-order chi connectivity index (χ1) is 13.4. The van der Waals surface area contributed by atoms with E-state index in [0.717, 1.165) is 11.8 Å². The number of aromatic nitrogens is 4. The van der Waals surface area contributed by atoms with E-state index in [1.165, 1.54) is 6.07 Å². The molecule has 142 valence electrons. The van der Waals surface area contributed by atoms with Crippen LogP contribution in [-0.2, 0) is 11.9 Å². The molecule has 0 aliphatic rings. The van der Waals surface area contributed by atoms with Gasteiger partial charge in [0.25, 0.3) is 0 Å². The first kappa shape index (κ1) is 18.7. The van der Waals surface area contributed by atoms with Gasteiger partial charge in [0, 0.05) is 10.9 Å². The maximum atomic E-state index is 13.1. The SMILES string of the molecule is FC(F)(F)c1nc(SCc2nc(-c3ccccc3Cl)no2)c2ccccc2n1. The molecule has 5 nitrogen and oxygen atoms in total. The van der Waals surface area contributed by atoms with Crippen LogP contribution in [0.15, 0.2) is 58.1 Å². The molecule has 28 heavy (non-hydrogen) atoms. The molecule has 2 aromatic carbocycles. The molecule has 0 saturated heterocycles. The second kappa shape index (κ2) is 7.40. The zero-order valence-electron chi connectivity index (χ0n) is 13.9. The van der Waals surface area contributed by atoms with E-state index in [4.69, 9.17) is 16.1 Å². The highest BCUT2D eigenvalue weighted by Crippen LogP contribution is 2.33. The average molecular weight is 423 g/mol. The van der Waals surface area contributed by atoms with Gasteiger partial charge in [-0.05, 0) is 18.2 Å². The zero-order valence-corrected chi connectivity index (χ0v) is 15.5. The number of alkyl halides is 3. The fourth-order valence-electron chi connectivity index (χ4n) is 2.48.